The second kappa shape index (κ2) is 8.01. The maximum atomic E-state index is 13.1. The summed E-state index contributed by atoms with van der Waals surface area (Å²) in [6.07, 6.45) is 1.98. The highest BCUT2D eigenvalue weighted by atomic mass is 32.2. The molecule has 29 heavy (non-hydrogen) atoms. The maximum absolute atomic E-state index is 13.1. The molecule has 3 aromatic carbocycles. The molecule has 0 fully saturated rings. The highest BCUT2D eigenvalue weighted by Crippen LogP contribution is 2.41. The average molecular weight is 408 g/mol. The van der Waals surface area contributed by atoms with Crippen LogP contribution in [0, 0.1) is 5.82 Å². The first-order chi connectivity index (χ1) is 14.0. The van der Waals surface area contributed by atoms with Crippen molar-refractivity contribution in [2.24, 2.45) is 0 Å². The van der Waals surface area contributed by atoms with E-state index in [0.717, 1.165) is 27.2 Å². The molecule has 0 spiro atoms. The van der Waals surface area contributed by atoms with E-state index in [1.807, 2.05) is 36.6 Å². The third-order valence-corrected chi connectivity index (χ3v) is 5.06. The molecule has 1 heterocycles. The van der Waals surface area contributed by atoms with E-state index in [2.05, 4.69) is 0 Å². The van der Waals surface area contributed by atoms with Gasteiger partial charge in [-0.15, -0.1) is 11.8 Å². The van der Waals surface area contributed by atoms with Crippen LogP contribution in [0.25, 0.3) is 22.3 Å². The zero-order chi connectivity index (χ0) is 20.4. The summed E-state index contributed by atoms with van der Waals surface area (Å²) in [4.78, 5) is 12.1. The predicted molar refractivity (Wildman–Crippen MR) is 111 cm³/mol. The summed E-state index contributed by atoms with van der Waals surface area (Å²) >= 11 is 1.57. The first-order valence-electron chi connectivity index (χ1n) is 8.86. The molecule has 0 atom stereocenters. The smallest absolute Gasteiger partial charge is 0.308 e. The van der Waals surface area contributed by atoms with Crippen LogP contribution in [0.2, 0.25) is 0 Å². The van der Waals surface area contributed by atoms with Crippen molar-refractivity contribution in [3.05, 3.63) is 72.5 Å². The van der Waals surface area contributed by atoms with Crippen LogP contribution in [0.4, 0.5) is 4.39 Å². The summed E-state index contributed by atoms with van der Waals surface area (Å²) in [5.41, 5.74) is 1.61. The van der Waals surface area contributed by atoms with Gasteiger partial charge in [0.1, 0.15) is 34.4 Å². The van der Waals surface area contributed by atoms with Gasteiger partial charge in [-0.3, -0.25) is 4.79 Å². The minimum absolute atomic E-state index is 0.309. The van der Waals surface area contributed by atoms with E-state index in [-0.39, 0.29) is 11.8 Å². The van der Waals surface area contributed by atoms with Crippen LogP contribution in [-0.4, -0.2) is 12.2 Å². The predicted octanol–water partition coefficient (Wildman–Crippen LogP) is 6.68. The Morgan fingerprint density at radius 3 is 2.24 bits per heavy atom. The van der Waals surface area contributed by atoms with Crippen LogP contribution in [0.5, 0.6) is 17.2 Å². The first-order valence-corrected chi connectivity index (χ1v) is 10.1. The molecule has 4 aromatic rings. The van der Waals surface area contributed by atoms with Crippen molar-refractivity contribution in [1.29, 1.82) is 0 Å². The molecule has 1 aromatic heterocycles. The van der Waals surface area contributed by atoms with E-state index in [1.165, 1.54) is 19.1 Å². The number of halogens is 1. The van der Waals surface area contributed by atoms with Crippen LogP contribution in [-0.2, 0) is 4.79 Å². The van der Waals surface area contributed by atoms with Gasteiger partial charge >= 0.3 is 5.97 Å². The SMILES string of the molecule is CSc1c(-c2ccc(OC(C)=O)cc2)oc2ccc(Oc3ccc(F)cc3)cc12. The summed E-state index contributed by atoms with van der Waals surface area (Å²) in [6, 6.07) is 18.6. The largest absolute Gasteiger partial charge is 0.457 e. The van der Waals surface area contributed by atoms with Gasteiger partial charge in [-0.1, -0.05) is 0 Å². The standard InChI is InChI=1S/C23H17FO4S/c1-14(25)26-17-7-3-15(4-8-17)22-23(29-2)20-13-19(11-12-21(20)28-22)27-18-9-5-16(24)6-10-18/h3-13H,1-2H3. The fourth-order valence-electron chi connectivity index (χ4n) is 2.99. The lowest BCUT2D eigenvalue weighted by molar-refractivity contribution is -0.131. The molecule has 0 N–H and O–H groups in total. The Balaban J connectivity index is 1.68. The molecule has 0 aliphatic heterocycles. The Morgan fingerprint density at radius 2 is 1.59 bits per heavy atom. The lowest BCUT2D eigenvalue weighted by Crippen LogP contribution is -2.00. The molecular formula is C23H17FO4S. The zero-order valence-electron chi connectivity index (χ0n) is 15.8. The van der Waals surface area contributed by atoms with Gasteiger partial charge < -0.3 is 13.9 Å². The van der Waals surface area contributed by atoms with Gasteiger partial charge in [-0.2, -0.15) is 0 Å². The van der Waals surface area contributed by atoms with Crippen LogP contribution in [0.15, 0.2) is 76.0 Å². The molecule has 0 saturated heterocycles. The number of furan rings is 1. The molecule has 0 unspecified atom stereocenters. The Morgan fingerprint density at radius 1 is 0.931 bits per heavy atom. The molecule has 0 amide bonds. The van der Waals surface area contributed by atoms with Gasteiger partial charge in [-0.25, -0.2) is 4.39 Å². The number of thioether (sulfide) groups is 1. The fourth-order valence-corrected chi connectivity index (χ4v) is 3.71. The minimum atomic E-state index is -0.361. The maximum Gasteiger partial charge on any atom is 0.308 e. The topological polar surface area (TPSA) is 48.7 Å². The number of esters is 1. The number of carbonyl (C=O) groups excluding carboxylic acids is 1. The molecule has 4 nitrogen and oxygen atoms in total. The van der Waals surface area contributed by atoms with Gasteiger partial charge in [0, 0.05) is 17.9 Å². The molecule has 0 radical (unpaired) electrons. The van der Waals surface area contributed by atoms with Crippen molar-refractivity contribution < 1.29 is 23.1 Å². The van der Waals surface area contributed by atoms with E-state index >= 15 is 0 Å². The summed E-state index contributed by atoms with van der Waals surface area (Å²) < 4.78 is 30.1. The van der Waals surface area contributed by atoms with E-state index in [4.69, 9.17) is 13.9 Å². The highest BCUT2D eigenvalue weighted by molar-refractivity contribution is 7.99. The second-order valence-corrected chi connectivity index (χ2v) is 7.11. The second-order valence-electron chi connectivity index (χ2n) is 6.30. The lowest BCUT2D eigenvalue weighted by Gasteiger charge is -2.05. The van der Waals surface area contributed by atoms with Gasteiger partial charge in [0.2, 0.25) is 0 Å². The Kier molecular flexibility index (Phi) is 5.27. The van der Waals surface area contributed by atoms with E-state index in [9.17, 15) is 9.18 Å². The highest BCUT2D eigenvalue weighted by Gasteiger charge is 2.16. The lowest BCUT2D eigenvalue weighted by atomic mass is 10.1. The molecular weight excluding hydrogens is 391 g/mol. The molecule has 146 valence electrons. The molecule has 0 bridgehead atoms. The van der Waals surface area contributed by atoms with Crippen LogP contribution >= 0.6 is 11.8 Å². The average Bonchev–Trinajstić information content (AvgIpc) is 3.08. The Labute approximate surface area is 171 Å². The van der Waals surface area contributed by atoms with Gasteiger partial charge in [0.15, 0.2) is 0 Å². The fraction of sp³-hybridized carbons (Fsp3) is 0.0870. The van der Waals surface area contributed by atoms with E-state index in [0.29, 0.717) is 17.2 Å². The molecule has 6 heteroatoms. The monoisotopic (exact) mass is 408 g/mol. The summed E-state index contributed by atoms with van der Waals surface area (Å²) in [5, 5.41) is 0.927. The Bertz CT molecular complexity index is 1160. The number of hydrogen-bond donors (Lipinski definition) is 0. The van der Waals surface area contributed by atoms with Crippen LogP contribution < -0.4 is 9.47 Å². The molecule has 0 aliphatic rings. The van der Waals surface area contributed by atoms with Crippen molar-refractivity contribution in [1.82, 2.24) is 0 Å². The summed E-state index contributed by atoms with van der Waals surface area (Å²) in [5.74, 6) is 1.74. The molecule has 0 saturated carbocycles. The zero-order valence-corrected chi connectivity index (χ0v) is 16.6. The molecule has 4 rings (SSSR count). The van der Waals surface area contributed by atoms with E-state index < -0.39 is 0 Å². The number of ether oxygens (including phenoxy) is 2. The quantitative estimate of drug-likeness (QED) is 0.209. The van der Waals surface area contributed by atoms with Crippen molar-refractivity contribution in [3.8, 4) is 28.6 Å². The number of fused-ring (bicyclic) bond motifs is 1. The van der Waals surface area contributed by atoms with Crippen molar-refractivity contribution in [2.75, 3.05) is 6.26 Å². The van der Waals surface area contributed by atoms with Crippen molar-refractivity contribution in [3.63, 3.8) is 0 Å². The van der Waals surface area contributed by atoms with Gasteiger partial charge in [0.25, 0.3) is 0 Å². The van der Waals surface area contributed by atoms with Crippen LogP contribution in [0.1, 0.15) is 6.92 Å². The number of benzene rings is 3. The third-order valence-electron chi connectivity index (χ3n) is 4.25. The number of hydrogen-bond acceptors (Lipinski definition) is 5. The summed E-state index contributed by atoms with van der Waals surface area (Å²) in [6.45, 7) is 1.37. The van der Waals surface area contributed by atoms with Crippen molar-refractivity contribution in [2.45, 2.75) is 11.8 Å². The first kappa shape index (κ1) is 19.1. The minimum Gasteiger partial charge on any atom is -0.457 e. The number of carbonyl (C=O) groups is 1. The van der Waals surface area contributed by atoms with Crippen molar-refractivity contribution >= 4 is 28.7 Å². The third kappa shape index (κ3) is 4.12. The molecule has 0 aliphatic carbocycles. The van der Waals surface area contributed by atoms with Crippen LogP contribution in [0.3, 0.4) is 0 Å². The van der Waals surface area contributed by atoms with Gasteiger partial charge in [-0.05, 0) is 73.0 Å². The normalized spacial score (nSPS) is 10.9. The Hall–Kier alpha value is -3.25. The number of rotatable bonds is 5. The van der Waals surface area contributed by atoms with E-state index in [1.54, 1.807) is 36.0 Å². The summed E-state index contributed by atoms with van der Waals surface area (Å²) in [7, 11) is 0. The van der Waals surface area contributed by atoms with Gasteiger partial charge in [0.05, 0.1) is 4.90 Å².